The van der Waals surface area contributed by atoms with Gasteiger partial charge in [0, 0.05) is 25.9 Å². The summed E-state index contributed by atoms with van der Waals surface area (Å²) in [7, 11) is 0. The van der Waals surface area contributed by atoms with Crippen molar-refractivity contribution >= 4 is 5.91 Å². The summed E-state index contributed by atoms with van der Waals surface area (Å²) in [6.07, 6.45) is 7.56. The summed E-state index contributed by atoms with van der Waals surface area (Å²) in [6, 6.07) is 0. The van der Waals surface area contributed by atoms with Crippen LogP contribution in [-0.2, 0) is 24.3 Å². The first-order valence-electron chi connectivity index (χ1n) is 8.65. The molecule has 4 heterocycles. The van der Waals surface area contributed by atoms with Crippen molar-refractivity contribution in [3.8, 4) is 0 Å². The highest BCUT2D eigenvalue weighted by molar-refractivity contribution is 5.77. The third-order valence-corrected chi connectivity index (χ3v) is 5.68. The van der Waals surface area contributed by atoms with Gasteiger partial charge in [-0.25, -0.2) is 0 Å². The fraction of sp³-hybridized carbons (Fsp3) is 0.812. The molecule has 1 amide bonds. The molecule has 2 fully saturated rings. The van der Waals surface area contributed by atoms with E-state index < -0.39 is 0 Å². The van der Waals surface area contributed by atoms with Crippen molar-refractivity contribution in [2.24, 2.45) is 5.41 Å². The summed E-state index contributed by atoms with van der Waals surface area (Å²) in [4.78, 5) is 14.4. The highest BCUT2D eigenvalue weighted by atomic mass is 16.2. The predicted octanol–water partition coefficient (Wildman–Crippen LogP) is 1.11. The van der Waals surface area contributed by atoms with E-state index in [2.05, 4.69) is 20.1 Å². The molecule has 0 atom stereocenters. The van der Waals surface area contributed by atoms with E-state index in [1.807, 2.05) is 4.90 Å². The van der Waals surface area contributed by atoms with Gasteiger partial charge < -0.3 is 14.8 Å². The van der Waals surface area contributed by atoms with E-state index in [0.717, 1.165) is 50.7 Å². The van der Waals surface area contributed by atoms with Gasteiger partial charge in [0.1, 0.15) is 5.82 Å². The lowest BCUT2D eigenvalue weighted by atomic mass is 9.73. The SMILES string of the molecule is O=C1CCC2(CCNCC2)CN1Cc1nnc2n1CCCC2. The molecule has 0 bridgehead atoms. The molecule has 0 radical (unpaired) electrons. The number of hydrogen-bond acceptors (Lipinski definition) is 4. The van der Waals surface area contributed by atoms with Crippen molar-refractivity contribution in [2.75, 3.05) is 19.6 Å². The van der Waals surface area contributed by atoms with Crippen LogP contribution in [0, 0.1) is 5.41 Å². The highest BCUT2D eigenvalue weighted by Gasteiger charge is 2.39. The number of carbonyl (C=O) groups excluding carboxylic acids is 1. The largest absolute Gasteiger partial charge is 0.335 e. The van der Waals surface area contributed by atoms with Gasteiger partial charge in [-0.2, -0.15) is 0 Å². The Morgan fingerprint density at radius 2 is 1.95 bits per heavy atom. The maximum atomic E-state index is 12.4. The lowest BCUT2D eigenvalue weighted by Crippen LogP contribution is -2.50. The molecule has 120 valence electrons. The Hall–Kier alpha value is -1.43. The van der Waals surface area contributed by atoms with Crippen LogP contribution in [0.4, 0.5) is 0 Å². The molecule has 1 spiro atoms. The molecular weight excluding hydrogens is 278 g/mol. The van der Waals surface area contributed by atoms with Crippen molar-refractivity contribution in [1.82, 2.24) is 25.0 Å². The molecule has 0 saturated carbocycles. The lowest BCUT2D eigenvalue weighted by molar-refractivity contribution is -0.139. The summed E-state index contributed by atoms with van der Waals surface area (Å²) in [5, 5.41) is 12.1. The average Bonchev–Trinajstić information content (AvgIpc) is 2.95. The second kappa shape index (κ2) is 5.65. The third kappa shape index (κ3) is 2.53. The number of likely N-dealkylation sites (tertiary alicyclic amines) is 1. The van der Waals surface area contributed by atoms with Crippen molar-refractivity contribution in [1.29, 1.82) is 0 Å². The molecule has 3 aliphatic rings. The van der Waals surface area contributed by atoms with Gasteiger partial charge >= 0.3 is 0 Å². The number of amides is 1. The Balaban J connectivity index is 1.51. The molecule has 0 aliphatic carbocycles. The molecule has 4 rings (SSSR count). The van der Waals surface area contributed by atoms with Crippen molar-refractivity contribution < 1.29 is 4.79 Å². The van der Waals surface area contributed by atoms with Crippen molar-refractivity contribution in [2.45, 2.75) is 58.0 Å². The van der Waals surface area contributed by atoms with Crippen LogP contribution < -0.4 is 5.32 Å². The molecular formula is C16H25N5O. The zero-order valence-electron chi connectivity index (χ0n) is 13.2. The van der Waals surface area contributed by atoms with Crippen LogP contribution in [0.5, 0.6) is 0 Å². The summed E-state index contributed by atoms with van der Waals surface area (Å²) >= 11 is 0. The van der Waals surface area contributed by atoms with Crippen LogP contribution in [-0.4, -0.2) is 45.2 Å². The van der Waals surface area contributed by atoms with Gasteiger partial charge in [-0.15, -0.1) is 10.2 Å². The Morgan fingerprint density at radius 3 is 2.82 bits per heavy atom. The zero-order chi connectivity index (χ0) is 15.0. The minimum Gasteiger partial charge on any atom is -0.335 e. The second-order valence-electron chi connectivity index (χ2n) is 7.14. The fourth-order valence-electron chi connectivity index (χ4n) is 4.27. The summed E-state index contributed by atoms with van der Waals surface area (Å²) in [5.74, 6) is 2.37. The quantitative estimate of drug-likeness (QED) is 0.889. The minimum absolute atomic E-state index is 0.289. The molecule has 2 saturated heterocycles. The highest BCUT2D eigenvalue weighted by Crippen LogP contribution is 2.38. The topological polar surface area (TPSA) is 63.1 Å². The van der Waals surface area contributed by atoms with Crippen LogP contribution >= 0.6 is 0 Å². The van der Waals surface area contributed by atoms with Crippen molar-refractivity contribution in [3.05, 3.63) is 11.6 Å². The maximum absolute atomic E-state index is 12.4. The van der Waals surface area contributed by atoms with Crippen molar-refractivity contribution in [3.63, 3.8) is 0 Å². The number of nitrogens with one attached hydrogen (secondary N) is 1. The minimum atomic E-state index is 0.289. The lowest BCUT2D eigenvalue weighted by Gasteiger charge is -2.45. The molecule has 1 aromatic rings. The first-order valence-corrected chi connectivity index (χ1v) is 8.65. The standard InChI is InChI=1S/C16H25N5O/c22-15-4-5-16(6-8-17-9-7-16)12-20(15)11-14-19-18-13-3-1-2-10-21(13)14/h17H,1-12H2. The van der Waals surface area contributed by atoms with Gasteiger partial charge in [0.25, 0.3) is 0 Å². The molecule has 6 nitrogen and oxygen atoms in total. The van der Waals surface area contributed by atoms with Crippen LogP contribution in [0.25, 0.3) is 0 Å². The van der Waals surface area contributed by atoms with Gasteiger partial charge in [0.05, 0.1) is 6.54 Å². The third-order valence-electron chi connectivity index (χ3n) is 5.68. The van der Waals surface area contributed by atoms with Crippen LogP contribution in [0.2, 0.25) is 0 Å². The molecule has 22 heavy (non-hydrogen) atoms. The molecule has 6 heteroatoms. The maximum Gasteiger partial charge on any atom is 0.223 e. The average molecular weight is 303 g/mol. The molecule has 1 N–H and O–H groups in total. The number of rotatable bonds is 2. The summed E-state index contributed by atoms with van der Waals surface area (Å²) < 4.78 is 2.24. The summed E-state index contributed by atoms with van der Waals surface area (Å²) in [6.45, 7) is 4.72. The number of nitrogens with zero attached hydrogens (tertiary/aromatic N) is 4. The number of hydrogen-bond donors (Lipinski definition) is 1. The number of piperidine rings is 2. The van der Waals surface area contributed by atoms with Crippen LogP contribution in [0.15, 0.2) is 0 Å². The monoisotopic (exact) mass is 303 g/mol. The normalized spacial score (nSPS) is 24.5. The molecule has 3 aliphatic heterocycles. The van der Waals surface area contributed by atoms with E-state index in [1.165, 1.54) is 25.7 Å². The van der Waals surface area contributed by atoms with E-state index in [-0.39, 0.29) is 5.91 Å². The van der Waals surface area contributed by atoms with Crippen LogP contribution in [0.3, 0.4) is 0 Å². The Bertz CT molecular complexity index is 561. The zero-order valence-corrected chi connectivity index (χ0v) is 13.2. The smallest absolute Gasteiger partial charge is 0.223 e. The van der Waals surface area contributed by atoms with Gasteiger partial charge in [-0.05, 0) is 50.6 Å². The number of aryl methyl sites for hydroxylation is 1. The van der Waals surface area contributed by atoms with E-state index in [9.17, 15) is 4.79 Å². The molecule has 1 aromatic heterocycles. The predicted molar refractivity (Wildman–Crippen MR) is 82.1 cm³/mol. The van der Waals surface area contributed by atoms with Gasteiger partial charge in [-0.3, -0.25) is 4.79 Å². The number of carbonyl (C=O) groups is 1. The number of fused-ring (bicyclic) bond motifs is 1. The Morgan fingerprint density at radius 1 is 1.09 bits per heavy atom. The van der Waals surface area contributed by atoms with Gasteiger partial charge in [0.2, 0.25) is 5.91 Å². The fourth-order valence-corrected chi connectivity index (χ4v) is 4.27. The van der Waals surface area contributed by atoms with E-state index in [0.29, 0.717) is 18.4 Å². The van der Waals surface area contributed by atoms with Gasteiger partial charge in [-0.1, -0.05) is 0 Å². The summed E-state index contributed by atoms with van der Waals surface area (Å²) in [5.41, 5.74) is 0.337. The Kier molecular flexibility index (Phi) is 3.64. The Labute approximate surface area is 131 Å². The molecule has 0 aromatic carbocycles. The van der Waals surface area contributed by atoms with E-state index in [4.69, 9.17) is 0 Å². The molecule has 0 unspecified atom stereocenters. The number of aromatic nitrogens is 3. The van der Waals surface area contributed by atoms with E-state index >= 15 is 0 Å². The van der Waals surface area contributed by atoms with Crippen LogP contribution in [0.1, 0.15) is 50.2 Å². The first-order chi connectivity index (χ1) is 10.8. The van der Waals surface area contributed by atoms with Gasteiger partial charge in [0.15, 0.2) is 5.82 Å². The second-order valence-corrected chi connectivity index (χ2v) is 7.14. The van der Waals surface area contributed by atoms with E-state index in [1.54, 1.807) is 0 Å². The first kappa shape index (κ1) is 14.2.